The molecule has 0 heterocycles. The highest BCUT2D eigenvalue weighted by Crippen LogP contribution is 2.35. The standard InChI is InChI=1S/C21H26O6/c22-11-10-16-6-2-1-5-15(16)8-9-18-17(19(23)13-20(18)24)7-3-4-12-27-14-21(25)26/h1-2,5-6,17-19,22-23H,7-14H2,(H,25,26)/t17-,18-,19?/m1/s1. The minimum absolute atomic E-state index is 0.0161. The Morgan fingerprint density at radius 3 is 2.56 bits per heavy atom. The molecule has 1 unspecified atom stereocenters. The normalized spacial score (nSPS) is 21.7. The van der Waals surface area contributed by atoms with E-state index in [2.05, 4.69) is 11.8 Å². The predicted octanol–water partition coefficient (Wildman–Crippen LogP) is 1.21. The van der Waals surface area contributed by atoms with Crippen LogP contribution in [0.5, 0.6) is 0 Å². The number of Topliss-reactive ketones (excluding diaryl/α,β-unsaturated/α-hetero) is 1. The fourth-order valence-corrected chi connectivity index (χ4v) is 3.58. The number of hydrogen-bond donors (Lipinski definition) is 3. The van der Waals surface area contributed by atoms with Crippen LogP contribution < -0.4 is 0 Å². The van der Waals surface area contributed by atoms with E-state index in [0.29, 0.717) is 25.7 Å². The van der Waals surface area contributed by atoms with Crippen molar-refractivity contribution >= 4 is 11.8 Å². The minimum atomic E-state index is -1.05. The molecular weight excluding hydrogens is 348 g/mol. The Kier molecular flexibility index (Phi) is 8.46. The molecule has 1 aliphatic carbocycles. The lowest BCUT2D eigenvalue weighted by molar-refractivity contribution is -0.141. The summed E-state index contributed by atoms with van der Waals surface area (Å²) in [5, 5.41) is 27.9. The number of aliphatic hydroxyl groups excluding tert-OH is 2. The highest BCUT2D eigenvalue weighted by atomic mass is 16.5. The fraction of sp³-hybridized carbons (Fsp3) is 0.524. The van der Waals surface area contributed by atoms with E-state index >= 15 is 0 Å². The summed E-state index contributed by atoms with van der Waals surface area (Å²) in [6.07, 6.45) is 1.79. The van der Waals surface area contributed by atoms with E-state index in [1.165, 1.54) is 0 Å². The van der Waals surface area contributed by atoms with Gasteiger partial charge in [0.25, 0.3) is 0 Å². The second kappa shape index (κ2) is 10.8. The summed E-state index contributed by atoms with van der Waals surface area (Å²) >= 11 is 0. The number of carboxylic acid groups (broad SMARTS) is 1. The third kappa shape index (κ3) is 6.47. The summed E-state index contributed by atoms with van der Waals surface area (Å²) < 4.78 is 4.85. The first-order chi connectivity index (χ1) is 13.0. The van der Waals surface area contributed by atoms with Crippen LogP contribution in [0.4, 0.5) is 0 Å². The zero-order valence-corrected chi connectivity index (χ0v) is 15.3. The van der Waals surface area contributed by atoms with Gasteiger partial charge >= 0.3 is 5.97 Å². The Labute approximate surface area is 159 Å². The highest BCUT2D eigenvalue weighted by Gasteiger charge is 2.40. The van der Waals surface area contributed by atoms with E-state index in [0.717, 1.165) is 11.1 Å². The van der Waals surface area contributed by atoms with E-state index < -0.39 is 18.7 Å². The summed E-state index contributed by atoms with van der Waals surface area (Å²) in [7, 11) is 0. The van der Waals surface area contributed by atoms with Gasteiger partial charge in [-0.05, 0) is 30.4 Å². The number of rotatable bonds is 9. The monoisotopic (exact) mass is 374 g/mol. The summed E-state index contributed by atoms with van der Waals surface area (Å²) in [5.41, 5.74) is 2.20. The van der Waals surface area contributed by atoms with Gasteiger partial charge in [0.2, 0.25) is 0 Å². The molecule has 3 atom stereocenters. The number of carbonyl (C=O) groups excluding carboxylic acids is 1. The molecule has 146 valence electrons. The van der Waals surface area contributed by atoms with Crippen molar-refractivity contribution < 1.29 is 29.6 Å². The van der Waals surface area contributed by atoms with Gasteiger partial charge in [0.15, 0.2) is 0 Å². The van der Waals surface area contributed by atoms with Crippen molar-refractivity contribution in [3.8, 4) is 11.8 Å². The molecule has 0 spiro atoms. The van der Waals surface area contributed by atoms with Crippen LogP contribution in [0.15, 0.2) is 24.3 Å². The Morgan fingerprint density at radius 2 is 1.89 bits per heavy atom. The lowest BCUT2D eigenvalue weighted by Crippen LogP contribution is -2.21. The van der Waals surface area contributed by atoms with Crippen LogP contribution in [0.3, 0.4) is 0 Å². The van der Waals surface area contributed by atoms with Gasteiger partial charge < -0.3 is 20.1 Å². The summed E-state index contributed by atoms with van der Waals surface area (Å²) in [6, 6.07) is 7.87. The maximum Gasteiger partial charge on any atom is 0.329 e. The van der Waals surface area contributed by atoms with Crippen LogP contribution in [0, 0.1) is 23.7 Å². The SMILES string of the molecule is O=C(O)COCC#CC[C@H]1C(O)CC(=O)[C@@H]1CCc1ccccc1CCO. The number of benzene rings is 1. The van der Waals surface area contributed by atoms with Gasteiger partial charge in [-0.2, -0.15) is 0 Å². The average Bonchev–Trinajstić information content (AvgIpc) is 2.90. The number of hydrogen-bond acceptors (Lipinski definition) is 5. The van der Waals surface area contributed by atoms with Gasteiger partial charge in [-0.25, -0.2) is 4.79 Å². The first-order valence-electron chi connectivity index (χ1n) is 9.16. The molecule has 0 amide bonds. The Bertz CT molecular complexity index is 702. The molecule has 1 aliphatic rings. The molecule has 1 aromatic carbocycles. The largest absolute Gasteiger partial charge is 0.480 e. The fourth-order valence-electron chi connectivity index (χ4n) is 3.58. The third-order valence-electron chi connectivity index (χ3n) is 4.92. The maximum absolute atomic E-state index is 12.3. The molecule has 1 aromatic rings. The predicted molar refractivity (Wildman–Crippen MR) is 99.0 cm³/mol. The molecule has 0 radical (unpaired) electrons. The van der Waals surface area contributed by atoms with E-state index in [9.17, 15) is 19.8 Å². The van der Waals surface area contributed by atoms with Crippen LogP contribution in [-0.2, 0) is 27.2 Å². The number of aryl methyl sites for hydroxylation is 1. The number of carbonyl (C=O) groups is 2. The van der Waals surface area contributed by atoms with Gasteiger partial charge in [-0.1, -0.05) is 30.2 Å². The minimum Gasteiger partial charge on any atom is -0.480 e. The second-order valence-corrected chi connectivity index (χ2v) is 6.73. The Morgan fingerprint density at radius 1 is 1.19 bits per heavy atom. The molecule has 6 heteroatoms. The molecule has 27 heavy (non-hydrogen) atoms. The van der Waals surface area contributed by atoms with Crippen LogP contribution in [-0.4, -0.2) is 53.0 Å². The van der Waals surface area contributed by atoms with Crippen molar-refractivity contribution in [1.82, 2.24) is 0 Å². The van der Waals surface area contributed by atoms with E-state index in [1.54, 1.807) is 0 Å². The van der Waals surface area contributed by atoms with Crippen molar-refractivity contribution in [3.05, 3.63) is 35.4 Å². The van der Waals surface area contributed by atoms with Crippen molar-refractivity contribution in [2.75, 3.05) is 19.8 Å². The van der Waals surface area contributed by atoms with Crippen LogP contribution >= 0.6 is 0 Å². The molecule has 0 bridgehead atoms. The topological polar surface area (TPSA) is 104 Å². The van der Waals surface area contributed by atoms with Crippen molar-refractivity contribution in [1.29, 1.82) is 0 Å². The molecule has 6 nitrogen and oxygen atoms in total. The molecule has 1 fully saturated rings. The number of ketones is 1. The molecule has 0 aliphatic heterocycles. The molecule has 0 aromatic heterocycles. The Hall–Kier alpha value is -2.20. The summed E-state index contributed by atoms with van der Waals surface area (Å²) in [6.45, 7) is -0.294. The van der Waals surface area contributed by atoms with Gasteiger partial charge in [0.1, 0.15) is 19.0 Å². The molecular formula is C21H26O6. The smallest absolute Gasteiger partial charge is 0.329 e. The molecule has 2 rings (SSSR count). The summed E-state index contributed by atoms with van der Waals surface area (Å²) in [5.74, 6) is 4.20. The van der Waals surface area contributed by atoms with E-state index in [4.69, 9.17) is 9.84 Å². The van der Waals surface area contributed by atoms with Crippen LogP contribution in [0.2, 0.25) is 0 Å². The zero-order valence-electron chi connectivity index (χ0n) is 15.3. The number of ether oxygens (including phenoxy) is 1. The molecule has 3 N–H and O–H groups in total. The number of aliphatic hydroxyl groups is 2. The Balaban J connectivity index is 1.93. The van der Waals surface area contributed by atoms with Gasteiger partial charge in [0, 0.05) is 31.3 Å². The van der Waals surface area contributed by atoms with Gasteiger partial charge in [-0.3, -0.25) is 4.79 Å². The lowest BCUT2D eigenvalue weighted by atomic mass is 9.86. The van der Waals surface area contributed by atoms with Crippen molar-refractivity contribution in [3.63, 3.8) is 0 Å². The maximum atomic E-state index is 12.3. The second-order valence-electron chi connectivity index (χ2n) is 6.73. The van der Waals surface area contributed by atoms with E-state index in [-0.39, 0.29) is 37.3 Å². The highest BCUT2D eigenvalue weighted by molar-refractivity contribution is 5.84. The van der Waals surface area contributed by atoms with Crippen LogP contribution in [0.1, 0.15) is 30.4 Å². The number of aliphatic carboxylic acids is 1. The first-order valence-corrected chi connectivity index (χ1v) is 9.16. The lowest BCUT2D eigenvalue weighted by Gasteiger charge is -2.19. The third-order valence-corrected chi connectivity index (χ3v) is 4.92. The first kappa shape index (κ1) is 21.1. The average molecular weight is 374 g/mol. The molecule has 0 saturated heterocycles. The van der Waals surface area contributed by atoms with Crippen molar-refractivity contribution in [2.24, 2.45) is 11.8 Å². The van der Waals surface area contributed by atoms with E-state index in [1.807, 2.05) is 24.3 Å². The quantitative estimate of drug-likeness (QED) is 0.443. The zero-order chi connectivity index (χ0) is 19.6. The molecule has 1 saturated carbocycles. The van der Waals surface area contributed by atoms with Gasteiger partial charge in [-0.15, -0.1) is 5.92 Å². The van der Waals surface area contributed by atoms with Crippen molar-refractivity contribution in [2.45, 2.75) is 38.2 Å². The van der Waals surface area contributed by atoms with Crippen LogP contribution in [0.25, 0.3) is 0 Å². The van der Waals surface area contributed by atoms with Gasteiger partial charge in [0.05, 0.1) is 6.10 Å². The summed E-state index contributed by atoms with van der Waals surface area (Å²) in [4.78, 5) is 22.7. The number of carboxylic acids is 1.